The maximum Gasteiger partial charge on any atom is 0.241 e. The molecule has 0 aliphatic rings. The van der Waals surface area contributed by atoms with Gasteiger partial charge in [0.25, 0.3) is 0 Å². The van der Waals surface area contributed by atoms with Gasteiger partial charge in [0.15, 0.2) is 0 Å². The number of hydrogen-bond donors (Lipinski definition) is 2. The summed E-state index contributed by atoms with van der Waals surface area (Å²) in [6, 6.07) is 1.34. The highest BCUT2D eigenvalue weighted by molar-refractivity contribution is 7.89. The number of nitrogens with one attached hydrogen (secondary N) is 1. The van der Waals surface area contributed by atoms with Crippen molar-refractivity contribution in [1.29, 1.82) is 0 Å². The zero-order valence-electron chi connectivity index (χ0n) is 10.5. The Balaban J connectivity index is 2.89. The maximum absolute atomic E-state index is 12.0. The van der Waals surface area contributed by atoms with Crippen molar-refractivity contribution in [3.8, 4) is 0 Å². The molecule has 0 amide bonds. The van der Waals surface area contributed by atoms with E-state index in [0.29, 0.717) is 4.88 Å². The third kappa shape index (κ3) is 3.77. The molecular weight excluding hydrogens is 258 g/mol. The first-order valence-electron chi connectivity index (χ1n) is 5.37. The lowest BCUT2D eigenvalue weighted by molar-refractivity contribution is 0.285. The Morgan fingerprint density at radius 1 is 1.47 bits per heavy atom. The number of sulfonamides is 1. The van der Waals surface area contributed by atoms with Crippen LogP contribution in [-0.4, -0.2) is 19.6 Å². The molecule has 0 bridgehead atoms. The van der Waals surface area contributed by atoms with E-state index in [4.69, 9.17) is 5.11 Å². The van der Waals surface area contributed by atoms with Crippen LogP contribution in [0.2, 0.25) is 0 Å². The molecule has 1 unspecified atom stereocenters. The Labute approximate surface area is 107 Å². The lowest BCUT2D eigenvalue weighted by Crippen LogP contribution is -2.41. The summed E-state index contributed by atoms with van der Waals surface area (Å²) in [4.78, 5) is 0.872. The van der Waals surface area contributed by atoms with Crippen LogP contribution in [0.15, 0.2) is 16.3 Å². The molecule has 17 heavy (non-hydrogen) atoms. The molecule has 0 radical (unpaired) electrons. The Bertz CT molecular complexity index is 471. The van der Waals surface area contributed by atoms with E-state index in [-0.39, 0.29) is 23.0 Å². The molecule has 0 saturated heterocycles. The second-order valence-corrected chi connectivity index (χ2v) is 7.83. The third-order valence-electron chi connectivity index (χ3n) is 2.73. The van der Waals surface area contributed by atoms with Crippen LogP contribution in [0.5, 0.6) is 0 Å². The molecule has 4 nitrogen and oxygen atoms in total. The Morgan fingerprint density at radius 2 is 2.06 bits per heavy atom. The molecule has 0 saturated carbocycles. The zero-order chi connectivity index (χ0) is 13.3. The van der Waals surface area contributed by atoms with Gasteiger partial charge in [-0.2, -0.15) is 0 Å². The Morgan fingerprint density at radius 3 is 2.47 bits per heavy atom. The predicted molar refractivity (Wildman–Crippen MR) is 69.5 cm³/mol. The number of thiophene rings is 1. The van der Waals surface area contributed by atoms with Crippen molar-refractivity contribution in [2.45, 2.75) is 45.2 Å². The second-order valence-electron chi connectivity index (χ2n) is 5.12. The first-order valence-corrected chi connectivity index (χ1v) is 7.73. The van der Waals surface area contributed by atoms with Crippen molar-refractivity contribution in [2.24, 2.45) is 5.41 Å². The topological polar surface area (TPSA) is 66.4 Å². The van der Waals surface area contributed by atoms with Crippen LogP contribution in [-0.2, 0) is 16.6 Å². The summed E-state index contributed by atoms with van der Waals surface area (Å²) in [7, 11) is -3.48. The van der Waals surface area contributed by atoms with E-state index < -0.39 is 10.0 Å². The van der Waals surface area contributed by atoms with Crippen molar-refractivity contribution in [3.63, 3.8) is 0 Å². The van der Waals surface area contributed by atoms with E-state index in [1.165, 1.54) is 17.4 Å². The maximum atomic E-state index is 12.0. The van der Waals surface area contributed by atoms with Gasteiger partial charge in [0.2, 0.25) is 10.0 Å². The minimum absolute atomic E-state index is 0.130. The average Bonchev–Trinajstić information content (AvgIpc) is 2.64. The molecule has 1 heterocycles. The molecule has 1 rings (SSSR count). The largest absolute Gasteiger partial charge is 0.391 e. The molecule has 98 valence electrons. The first-order chi connectivity index (χ1) is 7.66. The van der Waals surface area contributed by atoms with Gasteiger partial charge < -0.3 is 5.11 Å². The van der Waals surface area contributed by atoms with Crippen molar-refractivity contribution in [2.75, 3.05) is 0 Å². The lowest BCUT2D eigenvalue weighted by Gasteiger charge is -2.27. The summed E-state index contributed by atoms with van der Waals surface area (Å²) in [5, 5.41) is 10.5. The van der Waals surface area contributed by atoms with Gasteiger partial charge in [-0.25, -0.2) is 13.1 Å². The normalized spacial score (nSPS) is 14.9. The second kappa shape index (κ2) is 5.06. The Kier molecular flexibility index (Phi) is 4.35. The summed E-state index contributed by atoms with van der Waals surface area (Å²) in [5.74, 6) is 0. The first kappa shape index (κ1) is 14.6. The number of aliphatic hydroxyl groups excluding tert-OH is 1. The molecule has 0 aromatic carbocycles. The van der Waals surface area contributed by atoms with Crippen LogP contribution in [0.4, 0.5) is 0 Å². The molecule has 0 spiro atoms. The molecule has 2 N–H and O–H groups in total. The van der Waals surface area contributed by atoms with Gasteiger partial charge in [0.05, 0.1) is 11.5 Å². The quantitative estimate of drug-likeness (QED) is 0.884. The monoisotopic (exact) mass is 277 g/mol. The summed E-state index contributed by atoms with van der Waals surface area (Å²) in [6.07, 6.45) is 0. The summed E-state index contributed by atoms with van der Waals surface area (Å²) >= 11 is 1.24. The standard InChI is InChI=1S/C11H19NO3S2/c1-8(11(2,3)4)12-17(14,15)10-5-9(6-13)16-7-10/h5,7-8,12-13H,6H2,1-4H3. The Hall–Kier alpha value is -0.430. The van der Waals surface area contributed by atoms with Gasteiger partial charge in [-0.15, -0.1) is 11.3 Å². The van der Waals surface area contributed by atoms with Gasteiger partial charge >= 0.3 is 0 Å². The van der Waals surface area contributed by atoms with Crippen LogP contribution < -0.4 is 4.72 Å². The van der Waals surface area contributed by atoms with Crippen molar-refractivity contribution < 1.29 is 13.5 Å². The molecular formula is C11H19NO3S2. The van der Waals surface area contributed by atoms with E-state index in [0.717, 1.165) is 0 Å². The van der Waals surface area contributed by atoms with E-state index in [9.17, 15) is 8.42 Å². The fourth-order valence-electron chi connectivity index (χ4n) is 1.06. The third-order valence-corrected chi connectivity index (χ3v) is 5.32. The fraction of sp³-hybridized carbons (Fsp3) is 0.636. The highest BCUT2D eigenvalue weighted by atomic mass is 32.2. The van der Waals surface area contributed by atoms with Gasteiger partial charge in [-0.3, -0.25) is 0 Å². The minimum atomic E-state index is -3.48. The minimum Gasteiger partial charge on any atom is -0.391 e. The fourth-order valence-corrected chi connectivity index (χ4v) is 3.65. The van der Waals surface area contributed by atoms with Gasteiger partial charge in [0.1, 0.15) is 0 Å². The summed E-state index contributed by atoms with van der Waals surface area (Å²) in [6.45, 7) is 7.65. The summed E-state index contributed by atoms with van der Waals surface area (Å²) in [5.41, 5.74) is -0.136. The van der Waals surface area contributed by atoms with Crippen molar-refractivity contribution in [3.05, 3.63) is 16.3 Å². The average molecular weight is 277 g/mol. The number of rotatable bonds is 4. The van der Waals surface area contributed by atoms with Crippen LogP contribution in [0.25, 0.3) is 0 Å². The van der Waals surface area contributed by atoms with Crippen molar-refractivity contribution in [1.82, 2.24) is 4.72 Å². The van der Waals surface area contributed by atoms with Crippen LogP contribution in [0, 0.1) is 5.41 Å². The van der Waals surface area contributed by atoms with E-state index in [1.807, 2.05) is 27.7 Å². The van der Waals surface area contributed by atoms with E-state index in [1.54, 1.807) is 5.38 Å². The molecule has 0 aliphatic heterocycles. The molecule has 0 fully saturated rings. The summed E-state index contributed by atoms with van der Waals surface area (Å²) < 4.78 is 26.7. The van der Waals surface area contributed by atoms with Gasteiger partial charge in [-0.1, -0.05) is 20.8 Å². The smallest absolute Gasteiger partial charge is 0.241 e. The zero-order valence-corrected chi connectivity index (χ0v) is 12.2. The highest BCUT2D eigenvalue weighted by Gasteiger charge is 2.26. The van der Waals surface area contributed by atoms with Crippen molar-refractivity contribution >= 4 is 21.4 Å². The van der Waals surface area contributed by atoms with Crippen LogP contribution in [0.3, 0.4) is 0 Å². The SMILES string of the molecule is CC(NS(=O)(=O)c1csc(CO)c1)C(C)(C)C. The highest BCUT2D eigenvalue weighted by Crippen LogP contribution is 2.23. The molecule has 1 aromatic rings. The van der Waals surface area contributed by atoms with Gasteiger partial charge in [0, 0.05) is 16.3 Å². The van der Waals surface area contributed by atoms with Crippen LogP contribution in [0.1, 0.15) is 32.6 Å². The number of hydrogen-bond acceptors (Lipinski definition) is 4. The van der Waals surface area contributed by atoms with E-state index >= 15 is 0 Å². The predicted octanol–water partition coefficient (Wildman–Crippen LogP) is 1.95. The number of aliphatic hydroxyl groups is 1. The van der Waals surface area contributed by atoms with Gasteiger partial charge in [-0.05, 0) is 18.4 Å². The molecule has 6 heteroatoms. The van der Waals surface area contributed by atoms with E-state index in [2.05, 4.69) is 4.72 Å². The molecule has 0 aliphatic carbocycles. The molecule has 1 atom stereocenters. The lowest BCUT2D eigenvalue weighted by atomic mass is 9.89. The van der Waals surface area contributed by atoms with Crippen LogP contribution >= 0.6 is 11.3 Å². The molecule has 1 aromatic heterocycles.